The maximum absolute atomic E-state index is 14.2. The van der Waals surface area contributed by atoms with Crippen LogP contribution in [0.4, 0.5) is 14.5 Å². The average molecular weight is 435 g/mol. The van der Waals surface area contributed by atoms with Crippen molar-refractivity contribution < 1.29 is 18.7 Å². The third-order valence-corrected chi connectivity index (χ3v) is 5.79. The van der Waals surface area contributed by atoms with Crippen LogP contribution in [0.1, 0.15) is 41.4 Å². The van der Waals surface area contributed by atoms with Crippen molar-refractivity contribution in [3.05, 3.63) is 83.3 Å². The molecular formula is C25H23F2N3O2. The second-order valence-electron chi connectivity index (χ2n) is 8.02. The number of benzene rings is 1. The van der Waals surface area contributed by atoms with Crippen LogP contribution in [0.25, 0.3) is 16.8 Å². The molecule has 2 aromatic heterocycles. The van der Waals surface area contributed by atoms with Gasteiger partial charge in [0.1, 0.15) is 17.3 Å². The Labute approximate surface area is 184 Å². The highest BCUT2D eigenvalue weighted by Gasteiger charge is 2.23. The summed E-state index contributed by atoms with van der Waals surface area (Å²) in [6, 6.07) is 8.20. The summed E-state index contributed by atoms with van der Waals surface area (Å²) in [5, 5.41) is 10.0. The molecule has 2 unspecified atom stereocenters. The summed E-state index contributed by atoms with van der Waals surface area (Å²) in [4.78, 5) is 21.5. The van der Waals surface area contributed by atoms with Gasteiger partial charge in [-0.1, -0.05) is 19.1 Å². The number of nitrogens with zero attached hydrogens (tertiary/aromatic N) is 2. The molecule has 1 aliphatic carbocycles. The van der Waals surface area contributed by atoms with E-state index in [9.17, 15) is 18.7 Å². The van der Waals surface area contributed by atoms with Crippen molar-refractivity contribution in [3.8, 4) is 11.3 Å². The third kappa shape index (κ3) is 4.29. The van der Waals surface area contributed by atoms with Gasteiger partial charge in [-0.15, -0.1) is 0 Å². The lowest BCUT2D eigenvalue weighted by Gasteiger charge is -2.24. The fraction of sp³-hybridized carbons (Fsp3) is 0.240. The molecule has 7 heteroatoms. The van der Waals surface area contributed by atoms with Gasteiger partial charge in [-0.3, -0.25) is 9.78 Å². The van der Waals surface area contributed by atoms with Crippen LogP contribution < -0.4 is 5.73 Å². The van der Waals surface area contributed by atoms with Crippen LogP contribution in [0, 0.1) is 17.6 Å². The highest BCUT2D eigenvalue weighted by atomic mass is 19.1. The van der Waals surface area contributed by atoms with Gasteiger partial charge in [0.25, 0.3) is 0 Å². The summed E-state index contributed by atoms with van der Waals surface area (Å²) in [7, 11) is 0. The van der Waals surface area contributed by atoms with E-state index in [4.69, 9.17) is 5.73 Å². The second kappa shape index (κ2) is 8.96. The van der Waals surface area contributed by atoms with Crippen LogP contribution >= 0.6 is 0 Å². The van der Waals surface area contributed by atoms with Gasteiger partial charge in [0.2, 0.25) is 0 Å². The number of pyridine rings is 2. The molecule has 0 saturated carbocycles. The molecule has 1 aliphatic rings. The van der Waals surface area contributed by atoms with Gasteiger partial charge in [-0.2, -0.15) is 0 Å². The zero-order valence-corrected chi connectivity index (χ0v) is 17.6. The highest BCUT2D eigenvalue weighted by molar-refractivity contribution is 6.01. The Morgan fingerprint density at radius 2 is 1.94 bits per heavy atom. The minimum Gasteiger partial charge on any atom is -0.397 e. The van der Waals surface area contributed by atoms with Crippen LogP contribution in [-0.4, -0.2) is 27.0 Å². The molecule has 5 nitrogen and oxygen atoms in total. The van der Waals surface area contributed by atoms with Crippen LogP contribution in [0.2, 0.25) is 0 Å². The topological polar surface area (TPSA) is 89.1 Å². The standard InChI is InChI=1S/C25H23F2N3O2/c1-14-11-15(5-8-22(14)31)17-9-10-29-13-16(17)12-23(32)25-20(28)6-7-21(30-25)24-18(26)3-2-4-19(24)27/h2-4,6-7,9-11,13-14,22,31H,5,8,12,28H2,1H3. The van der Waals surface area contributed by atoms with Crippen molar-refractivity contribution in [2.45, 2.75) is 32.3 Å². The molecule has 1 aromatic carbocycles. The summed E-state index contributed by atoms with van der Waals surface area (Å²) in [6.45, 7) is 1.95. The van der Waals surface area contributed by atoms with E-state index < -0.39 is 11.6 Å². The molecule has 0 fully saturated rings. The Hall–Kier alpha value is -3.45. The molecule has 0 amide bonds. The monoisotopic (exact) mass is 435 g/mol. The summed E-state index contributed by atoms with van der Waals surface area (Å²) >= 11 is 0. The predicted octanol–water partition coefficient (Wildman–Crippen LogP) is 4.60. The Morgan fingerprint density at radius 1 is 1.19 bits per heavy atom. The van der Waals surface area contributed by atoms with Gasteiger partial charge >= 0.3 is 0 Å². The number of aromatic nitrogens is 2. The minimum absolute atomic E-state index is 0.00219. The first-order valence-electron chi connectivity index (χ1n) is 10.4. The maximum atomic E-state index is 14.2. The van der Waals surface area contributed by atoms with Crippen molar-refractivity contribution in [3.63, 3.8) is 0 Å². The van der Waals surface area contributed by atoms with E-state index >= 15 is 0 Å². The van der Waals surface area contributed by atoms with E-state index in [1.54, 1.807) is 12.4 Å². The van der Waals surface area contributed by atoms with E-state index in [0.717, 1.165) is 23.3 Å². The van der Waals surface area contributed by atoms with Gasteiger partial charge in [-0.25, -0.2) is 13.8 Å². The van der Waals surface area contributed by atoms with Gasteiger partial charge in [-0.05, 0) is 59.9 Å². The number of halogens is 2. The van der Waals surface area contributed by atoms with Gasteiger partial charge in [0.05, 0.1) is 23.0 Å². The van der Waals surface area contributed by atoms with E-state index in [1.165, 1.54) is 18.2 Å². The molecule has 164 valence electrons. The van der Waals surface area contributed by atoms with Crippen LogP contribution in [0.3, 0.4) is 0 Å². The SMILES string of the molecule is CC1C=C(c2ccncc2CC(=O)c2nc(-c3c(F)cccc3F)ccc2N)CCC1O. The normalized spacial score (nSPS) is 18.3. The number of Topliss-reactive ketones (excluding diaryl/α,β-unsaturated/α-hetero) is 1. The van der Waals surface area contributed by atoms with Gasteiger partial charge < -0.3 is 10.8 Å². The predicted molar refractivity (Wildman–Crippen MR) is 119 cm³/mol. The lowest BCUT2D eigenvalue weighted by Crippen LogP contribution is -2.20. The Balaban J connectivity index is 1.67. The zero-order chi connectivity index (χ0) is 22.8. The number of hydrogen-bond donors (Lipinski definition) is 2. The summed E-state index contributed by atoms with van der Waals surface area (Å²) < 4.78 is 28.4. The number of allylic oxidation sites excluding steroid dienone is 1. The number of rotatable bonds is 5. The molecule has 4 rings (SSSR count). The summed E-state index contributed by atoms with van der Waals surface area (Å²) in [5.74, 6) is -1.90. The summed E-state index contributed by atoms with van der Waals surface area (Å²) in [6.07, 6.45) is 6.25. The lowest BCUT2D eigenvalue weighted by molar-refractivity contribution is 0.0989. The van der Waals surface area contributed by atoms with E-state index in [0.29, 0.717) is 18.4 Å². The Morgan fingerprint density at radius 3 is 2.66 bits per heavy atom. The number of ketones is 1. The zero-order valence-electron chi connectivity index (χ0n) is 17.6. The first-order chi connectivity index (χ1) is 15.3. The molecule has 2 heterocycles. The maximum Gasteiger partial charge on any atom is 0.187 e. The van der Waals surface area contributed by atoms with Gasteiger partial charge in [0.15, 0.2) is 5.78 Å². The number of carbonyl (C=O) groups excluding carboxylic acids is 1. The average Bonchev–Trinajstić information content (AvgIpc) is 2.77. The van der Waals surface area contributed by atoms with Crippen LogP contribution in [0.5, 0.6) is 0 Å². The molecule has 0 radical (unpaired) electrons. The number of aliphatic hydroxyl groups excluding tert-OH is 1. The number of aliphatic hydroxyl groups is 1. The van der Waals surface area contributed by atoms with Crippen molar-refractivity contribution in [2.24, 2.45) is 5.92 Å². The largest absolute Gasteiger partial charge is 0.397 e. The number of anilines is 1. The Kier molecular flexibility index (Phi) is 6.10. The fourth-order valence-corrected chi connectivity index (χ4v) is 4.02. The van der Waals surface area contributed by atoms with Crippen molar-refractivity contribution in [2.75, 3.05) is 5.73 Å². The number of hydrogen-bond acceptors (Lipinski definition) is 5. The van der Waals surface area contributed by atoms with Crippen molar-refractivity contribution in [1.29, 1.82) is 0 Å². The molecule has 0 saturated heterocycles. The highest BCUT2D eigenvalue weighted by Crippen LogP contribution is 2.32. The minimum atomic E-state index is -0.768. The third-order valence-electron chi connectivity index (χ3n) is 5.79. The fourth-order valence-electron chi connectivity index (χ4n) is 4.02. The van der Waals surface area contributed by atoms with E-state index in [2.05, 4.69) is 9.97 Å². The lowest BCUT2D eigenvalue weighted by atomic mass is 9.84. The molecule has 3 N–H and O–H groups in total. The van der Waals surface area contributed by atoms with Gasteiger partial charge in [0, 0.05) is 24.7 Å². The smallest absolute Gasteiger partial charge is 0.187 e. The molecule has 2 atom stereocenters. The van der Waals surface area contributed by atoms with Crippen molar-refractivity contribution >= 4 is 17.0 Å². The number of nitrogens with two attached hydrogens (primary N) is 1. The molecular weight excluding hydrogens is 412 g/mol. The molecule has 3 aromatic rings. The molecule has 32 heavy (non-hydrogen) atoms. The molecule has 0 aliphatic heterocycles. The molecule has 0 bridgehead atoms. The number of carbonyl (C=O) groups is 1. The first-order valence-corrected chi connectivity index (χ1v) is 10.4. The molecule has 0 spiro atoms. The second-order valence-corrected chi connectivity index (χ2v) is 8.02. The van der Waals surface area contributed by atoms with Crippen molar-refractivity contribution in [1.82, 2.24) is 9.97 Å². The number of nitrogen functional groups attached to an aromatic ring is 1. The van der Waals surface area contributed by atoms with Crippen LogP contribution in [0.15, 0.2) is 54.9 Å². The summed E-state index contributed by atoms with van der Waals surface area (Å²) in [5.41, 5.74) is 8.43. The Bertz CT molecular complexity index is 1190. The first kappa shape index (κ1) is 21.8. The van der Waals surface area contributed by atoms with Crippen LogP contribution in [-0.2, 0) is 6.42 Å². The van der Waals surface area contributed by atoms with E-state index in [-0.39, 0.29) is 46.9 Å². The quantitative estimate of drug-likeness (QED) is 0.572. The van der Waals surface area contributed by atoms with E-state index in [1.807, 2.05) is 19.1 Å².